The summed E-state index contributed by atoms with van der Waals surface area (Å²) in [5.74, 6) is 0. The van der Waals surface area contributed by atoms with E-state index in [-0.39, 0.29) is 6.10 Å². The van der Waals surface area contributed by atoms with Gasteiger partial charge in [0.25, 0.3) is 6.47 Å². The van der Waals surface area contributed by atoms with Crippen molar-refractivity contribution in [2.75, 3.05) is 40.0 Å². The van der Waals surface area contributed by atoms with Gasteiger partial charge in [0, 0.05) is 13.1 Å². The molecule has 5 heteroatoms. The summed E-state index contributed by atoms with van der Waals surface area (Å²) < 4.78 is 15.3. The second-order valence-electron chi connectivity index (χ2n) is 3.86. The topological polar surface area (TPSA) is 51.3 Å². The Kier molecular flexibility index (Phi) is 6.07. The zero-order valence-corrected chi connectivity index (χ0v) is 9.63. The maximum atomic E-state index is 10.3. The van der Waals surface area contributed by atoms with Gasteiger partial charge >= 0.3 is 0 Å². The van der Waals surface area contributed by atoms with Crippen LogP contribution in [-0.4, -0.2) is 63.5 Å². The van der Waals surface area contributed by atoms with Crippen LogP contribution in [0.5, 0.6) is 0 Å². The number of epoxide rings is 1. The molecule has 2 atom stereocenters. The van der Waals surface area contributed by atoms with Crippen molar-refractivity contribution in [3.8, 4) is 0 Å². The van der Waals surface area contributed by atoms with Gasteiger partial charge in [-0.2, -0.15) is 0 Å². The first-order chi connectivity index (χ1) is 7.76. The fourth-order valence-corrected chi connectivity index (χ4v) is 1.44. The lowest BCUT2D eigenvalue weighted by atomic mass is 10.3. The Balaban J connectivity index is 2.18. The smallest absolute Gasteiger partial charge is 0.293 e. The van der Waals surface area contributed by atoms with Crippen molar-refractivity contribution >= 4 is 6.47 Å². The molecular weight excluding hydrogens is 210 g/mol. The molecule has 0 aliphatic carbocycles. The van der Waals surface area contributed by atoms with E-state index in [9.17, 15) is 4.79 Å². The summed E-state index contributed by atoms with van der Waals surface area (Å²) in [5.41, 5.74) is 0. The van der Waals surface area contributed by atoms with Gasteiger partial charge in [-0.1, -0.05) is 6.08 Å². The van der Waals surface area contributed by atoms with E-state index < -0.39 is 0 Å². The van der Waals surface area contributed by atoms with E-state index >= 15 is 0 Å². The number of carbonyl (C=O) groups excluding carboxylic acids is 1. The van der Waals surface area contributed by atoms with Gasteiger partial charge in [-0.25, -0.2) is 0 Å². The number of hydrogen-bond donors (Lipinski definition) is 0. The number of carbonyl (C=O) groups is 1. The second kappa shape index (κ2) is 7.38. The molecule has 0 saturated carbocycles. The predicted octanol–water partition coefficient (Wildman–Crippen LogP) is 0.0612. The summed E-state index contributed by atoms with van der Waals surface area (Å²) in [6.45, 7) is 7.21. The first-order valence-corrected chi connectivity index (χ1v) is 5.34. The molecule has 1 rings (SSSR count). The van der Waals surface area contributed by atoms with Crippen LogP contribution < -0.4 is 0 Å². The standard InChI is InChI=1S/C11H19NO4/c1-3-4-14-7-10(16-9-13)5-12(2)6-11-8-15-11/h3,9-11H,1,4-8H2,2H3. The average molecular weight is 229 g/mol. The monoisotopic (exact) mass is 229 g/mol. The molecule has 0 aromatic rings. The number of ether oxygens (including phenoxy) is 3. The van der Waals surface area contributed by atoms with E-state index in [2.05, 4.69) is 11.5 Å². The van der Waals surface area contributed by atoms with Crippen molar-refractivity contribution in [3.63, 3.8) is 0 Å². The molecule has 2 unspecified atom stereocenters. The van der Waals surface area contributed by atoms with Gasteiger partial charge in [0.2, 0.25) is 0 Å². The summed E-state index contributed by atoms with van der Waals surface area (Å²) in [6, 6.07) is 0. The van der Waals surface area contributed by atoms with Crippen molar-refractivity contribution < 1.29 is 19.0 Å². The third-order valence-electron chi connectivity index (χ3n) is 2.22. The number of rotatable bonds is 10. The highest BCUT2D eigenvalue weighted by Crippen LogP contribution is 2.10. The first-order valence-electron chi connectivity index (χ1n) is 5.34. The van der Waals surface area contributed by atoms with Gasteiger partial charge in [-0.15, -0.1) is 6.58 Å². The zero-order valence-electron chi connectivity index (χ0n) is 9.63. The van der Waals surface area contributed by atoms with Crippen LogP contribution >= 0.6 is 0 Å². The van der Waals surface area contributed by atoms with Gasteiger partial charge in [-0.05, 0) is 7.05 Å². The first kappa shape index (κ1) is 13.2. The van der Waals surface area contributed by atoms with E-state index in [0.717, 1.165) is 13.2 Å². The Hall–Kier alpha value is -0.910. The lowest BCUT2D eigenvalue weighted by Gasteiger charge is -2.21. The van der Waals surface area contributed by atoms with Gasteiger partial charge in [0.05, 0.1) is 25.9 Å². The third-order valence-corrected chi connectivity index (χ3v) is 2.22. The third kappa shape index (κ3) is 5.85. The summed E-state index contributed by atoms with van der Waals surface area (Å²) in [4.78, 5) is 12.4. The molecule has 0 N–H and O–H groups in total. The maximum Gasteiger partial charge on any atom is 0.293 e. The van der Waals surface area contributed by atoms with Gasteiger partial charge in [0.15, 0.2) is 0 Å². The van der Waals surface area contributed by atoms with Crippen LogP contribution in [0, 0.1) is 0 Å². The fourth-order valence-electron chi connectivity index (χ4n) is 1.44. The minimum absolute atomic E-state index is 0.235. The van der Waals surface area contributed by atoms with Gasteiger partial charge in [-0.3, -0.25) is 9.69 Å². The molecule has 1 heterocycles. The Morgan fingerprint density at radius 3 is 3.00 bits per heavy atom. The molecule has 1 saturated heterocycles. The van der Waals surface area contributed by atoms with Crippen LogP contribution in [-0.2, 0) is 19.0 Å². The Bertz CT molecular complexity index is 218. The highest BCUT2D eigenvalue weighted by Gasteiger charge is 2.25. The lowest BCUT2D eigenvalue weighted by Crippen LogP contribution is -2.36. The van der Waals surface area contributed by atoms with E-state index in [1.807, 2.05) is 7.05 Å². The zero-order chi connectivity index (χ0) is 11.8. The predicted molar refractivity (Wildman–Crippen MR) is 59.2 cm³/mol. The van der Waals surface area contributed by atoms with Crippen LogP contribution in [0.15, 0.2) is 12.7 Å². The Morgan fingerprint density at radius 1 is 1.69 bits per heavy atom. The molecule has 1 aliphatic heterocycles. The molecule has 1 aliphatic rings. The Morgan fingerprint density at radius 2 is 2.44 bits per heavy atom. The molecule has 0 radical (unpaired) electrons. The second-order valence-corrected chi connectivity index (χ2v) is 3.86. The molecule has 0 bridgehead atoms. The number of likely N-dealkylation sites (N-methyl/N-ethyl adjacent to an activating group) is 1. The summed E-state index contributed by atoms with van der Waals surface area (Å²) in [5, 5.41) is 0. The molecule has 1 fully saturated rings. The number of hydrogen-bond acceptors (Lipinski definition) is 5. The van der Waals surface area contributed by atoms with E-state index in [1.165, 1.54) is 0 Å². The van der Waals surface area contributed by atoms with Crippen molar-refractivity contribution in [1.29, 1.82) is 0 Å². The van der Waals surface area contributed by atoms with Crippen molar-refractivity contribution in [1.82, 2.24) is 4.90 Å². The van der Waals surface area contributed by atoms with Gasteiger partial charge in [0.1, 0.15) is 6.10 Å². The van der Waals surface area contributed by atoms with Crippen LogP contribution in [0.3, 0.4) is 0 Å². The Labute approximate surface area is 96.0 Å². The van der Waals surface area contributed by atoms with E-state index in [4.69, 9.17) is 14.2 Å². The van der Waals surface area contributed by atoms with Gasteiger partial charge < -0.3 is 14.2 Å². The average Bonchev–Trinajstić information content (AvgIpc) is 3.02. The van der Waals surface area contributed by atoms with Crippen molar-refractivity contribution in [3.05, 3.63) is 12.7 Å². The minimum Gasteiger partial charge on any atom is -0.461 e. The molecule has 92 valence electrons. The summed E-state index contributed by atoms with van der Waals surface area (Å²) in [7, 11) is 1.97. The quantitative estimate of drug-likeness (QED) is 0.229. The maximum absolute atomic E-state index is 10.3. The fraction of sp³-hybridized carbons (Fsp3) is 0.727. The molecule has 0 aromatic heterocycles. The minimum atomic E-state index is -0.235. The van der Waals surface area contributed by atoms with E-state index in [1.54, 1.807) is 6.08 Å². The van der Waals surface area contributed by atoms with Crippen LogP contribution in [0.1, 0.15) is 0 Å². The largest absolute Gasteiger partial charge is 0.461 e. The van der Waals surface area contributed by atoms with Crippen molar-refractivity contribution in [2.24, 2.45) is 0 Å². The van der Waals surface area contributed by atoms with Crippen LogP contribution in [0.2, 0.25) is 0 Å². The normalized spacial score (nSPS) is 20.5. The number of nitrogens with zero attached hydrogens (tertiary/aromatic N) is 1. The van der Waals surface area contributed by atoms with Crippen LogP contribution in [0.4, 0.5) is 0 Å². The van der Waals surface area contributed by atoms with Crippen LogP contribution in [0.25, 0.3) is 0 Å². The van der Waals surface area contributed by atoms with Crippen molar-refractivity contribution in [2.45, 2.75) is 12.2 Å². The van der Waals surface area contributed by atoms with E-state index in [0.29, 0.717) is 32.3 Å². The summed E-state index contributed by atoms with van der Waals surface area (Å²) in [6.07, 6.45) is 1.77. The lowest BCUT2D eigenvalue weighted by molar-refractivity contribution is -0.137. The molecular formula is C11H19NO4. The highest BCUT2D eigenvalue weighted by molar-refractivity contribution is 5.37. The molecule has 0 aromatic carbocycles. The molecule has 0 amide bonds. The SMILES string of the molecule is C=CCOCC(CN(C)CC1CO1)OC=O. The molecule has 0 spiro atoms. The molecule has 16 heavy (non-hydrogen) atoms. The summed E-state index contributed by atoms with van der Waals surface area (Å²) >= 11 is 0. The molecule has 5 nitrogen and oxygen atoms in total. The highest BCUT2D eigenvalue weighted by atomic mass is 16.6.